The number of nitrogens with one attached hydrogen (secondary N) is 1. The van der Waals surface area contributed by atoms with Crippen molar-refractivity contribution < 1.29 is 14.3 Å². The summed E-state index contributed by atoms with van der Waals surface area (Å²) in [5.41, 5.74) is 3.38. The van der Waals surface area contributed by atoms with Gasteiger partial charge in [-0.3, -0.25) is 19.5 Å². The third kappa shape index (κ3) is 5.95. The van der Waals surface area contributed by atoms with Crippen LogP contribution in [0.25, 0.3) is 16.9 Å². The van der Waals surface area contributed by atoms with Gasteiger partial charge in [-0.15, -0.1) is 0 Å². The molecule has 0 unspecified atom stereocenters. The van der Waals surface area contributed by atoms with Crippen molar-refractivity contribution in [3.05, 3.63) is 96.7 Å². The van der Waals surface area contributed by atoms with E-state index in [4.69, 9.17) is 4.74 Å². The highest BCUT2D eigenvalue weighted by Crippen LogP contribution is 2.26. The van der Waals surface area contributed by atoms with Crippen LogP contribution in [0.15, 0.2) is 91.1 Å². The number of aromatic nitrogens is 2. The van der Waals surface area contributed by atoms with Gasteiger partial charge in [0.15, 0.2) is 0 Å². The van der Waals surface area contributed by atoms with E-state index in [0.717, 1.165) is 22.6 Å². The average molecular weight is 469 g/mol. The van der Waals surface area contributed by atoms with Crippen LogP contribution in [0.2, 0.25) is 0 Å². The quantitative estimate of drug-likeness (QED) is 0.390. The number of benzene rings is 3. The molecule has 1 heterocycles. The number of nitrogens with zero attached hydrogens (tertiary/aromatic N) is 3. The molecule has 0 aliphatic carbocycles. The van der Waals surface area contributed by atoms with Gasteiger partial charge in [0.2, 0.25) is 17.8 Å². The van der Waals surface area contributed by atoms with Crippen molar-refractivity contribution in [3.63, 3.8) is 0 Å². The van der Waals surface area contributed by atoms with E-state index in [1.54, 1.807) is 12.0 Å². The Morgan fingerprint density at radius 3 is 2.23 bits per heavy atom. The molecule has 0 atom stereocenters. The molecule has 1 aromatic heterocycles. The predicted molar refractivity (Wildman–Crippen MR) is 137 cm³/mol. The van der Waals surface area contributed by atoms with E-state index in [2.05, 4.69) is 10.3 Å². The molecule has 178 valence electrons. The Labute approximate surface area is 205 Å². The van der Waals surface area contributed by atoms with Crippen LogP contribution >= 0.6 is 0 Å². The number of imidazole rings is 1. The van der Waals surface area contributed by atoms with Gasteiger partial charge in [0.05, 0.1) is 25.8 Å². The minimum absolute atomic E-state index is 0.0539. The predicted octanol–water partition coefficient (Wildman–Crippen LogP) is 4.58. The first-order chi connectivity index (χ1) is 17.1. The lowest BCUT2D eigenvalue weighted by atomic mass is 10.1. The summed E-state index contributed by atoms with van der Waals surface area (Å²) in [5.74, 6) is 0.736. The molecule has 7 heteroatoms. The summed E-state index contributed by atoms with van der Waals surface area (Å²) in [6, 6.07) is 26.8. The fourth-order valence-corrected chi connectivity index (χ4v) is 3.75. The van der Waals surface area contributed by atoms with Gasteiger partial charge in [0.25, 0.3) is 0 Å². The van der Waals surface area contributed by atoms with Gasteiger partial charge in [-0.25, -0.2) is 4.98 Å². The molecule has 0 radical (unpaired) electrons. The average Bonchev–Trinajstić information content (AvgIpc) is 3.32. The largest absolute Gasteiger partial charge is 0.497 e. The van der Waals surface area contributed by atoms with Crippen LogP contribution in [-0.2, 0) is 16.0 Å². The zero-order chi connectivity index (χ0) is 24.6. The van der Waals surface area contributed by atoms with Crippen molar-refractivity contribution in [3.8, 4) is 22.7 Å². The van der Waals surface area contributed by atoms with E-state index in [1.807, 2.05) is 103 Å². The fraction of sp³-hybridized carbons (Fsp3) is 0.179. The smallest absolute Gasteiger partial charge is 0.246 e. The van der Waals surface area contributed by atoms with Crippen LogP contribution in [0, 0.1) is 0 Å². The number of methoxy groups -OCH3 is 1. The highest BCUT2D eigenvalue weighted by Gasteiger charge is 2.19. The lowest BCUT2D eigenvalue weighted by Gasteiger charge is -2.20. The Bertz CT molecular complexity index is 1270. The van der Waals surface area contributed by atoms with Gasteiger partial charge in [-0.05, 0) is 48.9 Å². The van der Waals surface area contributed by atoms with Crippen molar-refractivity contribution in [1.82, 2.24) is 14.5 Å². The van der Waals surface area contributed by atoms with Gasteiger partial charge in [0, 0.05) is 24.0 Å². The highest BCUT2D eigenvalue weighted by atomic mass is 16.5. The van der Waals surface area contributed by atoms with Gasteiger partial charge >= 0.3 is 0 Å². The SMILES string of the molecule is CCN(CC(=O)Nc1nc(-c2ccc(OC)cc2)cn1-c1ccccc1)C(=O)Cc1ccccc1. The van der Waals surface area contributed by atoms with E-state index in [-0.39, 0.29) is 24.8 Å². The summed E-state index contributed by atoms with van der Waals surface area (Å²) < 4.78 is 7.08. The summed E-state index contributed by atoms with van der Waals surface area (Å²) >= 11 is 0. The maximum atomic E-state index is 13.0. The van der Waals surface area contributed by atoms with E-state index in [9.17, 15) is 9.59 Å². The van der Waals surface area contributed by atoms with E-state index in [0.29, 0.717) is 18.2 Å². The second kappa shape index (κ2) is 11.2. The van der Waals surface area contributed by atoms with Crippen molar-refractivity contribution in [2.75, 3.05) is 25.5 Å². The van der Waals surface area contributed by atoms with Crippen molar-refractivity contribution >= 4 is 17.8 Å². The lowest BCUT2D eigenvalue weighted by molar-refractivity contribution is -0.133. The first-order valence-corrected chi connectivity index (χ1v) is 11.5. The van der Waals surface area contributed by atoms with Crippen LogP contribution in [0.4, 0.5) is 5.95 Å². The summed E-state index contributed by atoms with van der Waals surface area (Å²) in [6.07, 6.45) is 2.13. The van der Waals surface area contributed by atoms with Gasteiger partial charge in [0.1, 0.15) is 5.75 Å². The van der Waals surface area contributed by atoms with Gasteiger partial charge < -0.3 is 9.64 Å². The number of carbonyl (C=O) groups is 2. The number of ether oxygens (including phenoxy) is 1. The third-order valence-corrected chi connectivity index (χ3v) is 5.64. The molecule has 0 fully saturated rings. The number of para-hydroxylation sites is 1. The summed E-state index contributed by atoms with van der Waals surface area (Å²) in [7, 11) is 1.62. The molecule has 7 nitrogen and oxygen atoms in total. The van der Waals surface area contributed by atoms with Crippen LogP contribution < -0.4 is 10.1 Å². The molecule has 4 rings (SSSR count). The second-order valence-corrected chi connectivity index (χ2v) is 8.00. The van der Waals surface area contributed by atoms with Gasteiger partial charge in [-0.1, -0.05) is 48.5 Å². The minimum atomic E-state index is -0.308. The molecule has 0 bridgehead atoms. The summed E-state index contributed by atoms with van der Waals surface area (Å²) in [6.45, 7) is 2.24. The van der Waals surface area contributed by atoms with Crippen LogP contribution in [0.3, 0.4) is 0 Å². The molecular formula is C28H28N4O3. The van der Waals surface area contributed by atoms with E-state index in [1.165, 1.54) is 0 Å². The monoisotopic (exact) mass is 468 g/mol. The zero-order valence-electron chi connectivity index (χ0n) is 19.8. The summed E-state index contributed by atoms with van der Waals surface area (Å²) in [4.78, 5) is 32.0. The van der Waals surface area contributed by atoms with Crippen molar-refractivity contribution in [2.24, 2.45) is 0 Å². The Balaban J connectivity index is 1.54. The van der Waals surface area contributed by atoms with Crippen molar-refractivity contribution in [1.29, 1.82) is 0 Å². The molecule has 0 saturated carbocycles. The summed E-state index contributed by atoms with van der Waals surface area (Å²) in [5, 5.41) is 2.90. The van der Waals surface area contributed by atoms with E-state index >= 15 is 0 Å². The second-order valence-electron chi connectivity index (χ2n) is 8.00. The molecule has 0 saturated heterocycles. The molecular weight excluding hydrogens is 440 g/mol. The number of hydrogen-bond acceptors (Lipinski definition) is 4. The highest BCUT2D eigenvalue weighted by molar-refractivity contribution is 5.94. The normalized spacial score (nSPS) is 10.6. The molecule has 0 spiro atoms. The fourth-order valence-electron chi connectivity index (χ4n) is 3.75. The molecule has 1 N–H and O–H groups in total. The zero-order valence-corrected chi connectivity index (χ0v) is 19.8. The van der Waals surface area contributed by atoms with Crippen molar-refractivity contribution in [2.45, 2.75) is 13.3 Å². The molecule has 2 amide bonds. The number of amides is 2. The first-order valence-electron chi connectivity index (χ1n) is 11.5. The Hall–Kier alpha value is -4.39. The van der Waals surface area contributed by atoms with Crippen LogP contribution in [-0.4, -0.2) is 46.5 Å². The molecule has 0 aliphatic rings. The standard InChI is InChI=1S/C28H28N4O3/c1-3-31(27(34)18-21-10-6-4-7-11-21)20-26(33)30-28-29-25(22-14-16-24(35-2)17-15-22)19-32(28)23-12-8-5-9-13-23/h4-17,19H,3,18,20H2,1-2H3,(H,29,30,33). The Morgan fingerprint density at radius 1 is 0.943 bits per heavy atom. The molecule has 3 aromatic carbocycles. The maximum absolute atomic E-state index is 13.0. The first kappa shape index (κ1) is 23.8. The maximum Gasteiger partial charge on any atom is 0.246 e. The molecule has 0 aliphatic heterocycles. The lowest BCUT2D eigenvalue weighted by Crippen LogP contribution is -2.39. The Morgan fingerprint density at radius 2 is 1.60 bits per heavy atom. The van der Waals surface area contributed by atoms with E-state index < -0.39 is 0 Å². The topological polar surface area (TPSA) is 76.5 Å². The molecule has 35 heavy (non-hydrogen) atoms. The van der Waals surface area contributed by atoms with Gasteiger partial charge in [-0.2, -0.15) is 0 Å². The third-order valence-electron chi connectivity index (χ3n) is 5.64. The number of anilines is 1. The number of carbonyl (C=O) groups excluding carboxylic acids is 2. The number of likely N-dealkylation sites (N-methyl/N-ethyl adjacent to an activating group) is 1. The number of hydrogen-bond donors (Lipinski definition) is 1. The molecule has 4 aromatic rings. The number of rotatable bonds is 9. The van der Waals surface area contributed by atoms with Crippen LogP contribution in [0.5, 0.6) is 5.75 Å². The minimum Gasteiger partial charge on any atom is -0.497 e. The van der Waals surface area contributed by atoms with Crippen LogP contribution in [0.1, 0.15) is 12.5 Å². The Kier molecular flexibility index (Phi) is 7.57.